The Labute approximate surface area is 169 Å². The highest BCUT2D eigenvalue weighted by Gasteiger charge is 2.22. The van der Waals surface area contributed by atoms with Crippen molar-refractivity contribution in [2.75, 3.05) is 0 Å². The van der Waals surface area contributed by atoms with Crippen LogP contribution in [-0.2, 0) is 6.42 Å². The summed E-state index contributed by atoms with van der Waals surface area (Å²) in [4.78, 5) is 15.8. The first kappa shape index (κ1) is 18.2. The number of aromatic nitrogens is 2. The molecular weight excluding hydrogens is 422 g/mol. The van der Waals surface area contributed by atoms with Crippen LogP contribution in [0.1, 0.15) is 17.3 Å². The normalized spacial score (nSPS) is 12.0. The molecule has 2 heterocycles. The van der Waals surface area contributed by atoms with E-state index in [9.17, 15) is 9.90 Å². The predicted octanol–water partition coefficient (Wildman–Crippen LogP) is 5.20. The van der Waals surface area contributed by atoms with Crippen LogP contribution in [0.3, 0.4) is 0 Å². The van der Waals surface area contributed by atoms with E-state index in [1.807, 2.05) is 60.7 Å². The highest BCUT2D eigenvalue weighted by molar-refractivity contribution is 9.10. The molecule has 4 aromatic rings. The number of pyridine rings is 1. The van der Waals surface area contributed by atoms with E-state index < -0.39 is 12.1 Å². The molecule has 0 bridgehead atoms. The fourth-order valence-corrected chi connectivity index (χ4v) is 3.61. The van der Waals surface area contributed by atoms with Crippen molar-refractivity contribution in [1.29, 1.82) is 0 Å². The van der Waals surface area contributed by atoms with E-state index in [4.69, 9.17) is 4.52 Å². The molecular formula is C21H16BrN3O3. The summed E-state index contributed by atoms with van der Waals surface area (Å²) in [5.74, 6) is 0. The van der Waals surface area contributed by atoms with E-state index >= 15 is 0 Å². The Morgan fingerprint density at radius 3 is 2.75 bits per heavy atom. The van der Waals surface area contributed by atoms with Crippen molar-refractivity contribution in [3.8, 4) is 11.3 Å². The second-order valence-corrected chi connectivity index (χ2v) is 7.20. The maximum atomic E-state index is 11.5. The Morgan fingerprint density at radius 2 is 1.96 bits per heavy atom. The zero-order valence-corrected chi connectivity index (χ0v) is 16.3. The third-order valence-corrected chi connectivity index (χ3v) is 4.95. The Balaban J connectivity index is 1.84. The molecule has 1 atom stereocenters. The quantitative estimate of drug-likeness (QED) is 0.447. The molecule has 0 aliphatic rings. The summed E-state index contributed by atoms with van der Waals surface area (Å²) in [7, 11) is 0. The minimum Gasteiger partial charge on any atom is -0.465 e. The molecule has 0 fully saturated rings. The molecule has 140 valence electrons. The Morgan fingerprint density at radius 1 is 1.14 bits per heavy atom. The molecule has 1 amide bonds. The van der Waals surface area contributed by atoms with Gasteiger partial charge in [0, 0.05) is 33.7 Å². The number of nitrogens with zero attached hydrogens (tertiary/aromatic N) is 2. The van der Waals surface area contributed by atoms with Gasteiger partial charge in [-0.1, -0.05) is 45.4 Å². The van der Waals surface area contributed by atoms with Crippen LogP contribution in [0.5, 0.6) is 0 Å². The van der Waals surface area contributed by atoms with Crippen LogP contribution >= 0.6 is 15.9 Å². The third kappa shape index (κ3) is 3.75. The lowest BCUT2D eigenvalue weighted by molar-refractivity contribution is 0.189. The molecule has 7 heteroatoms. The molecule has 2 N–H and O–H groups in total. The number of carbonyl (C=O) groups is 1. The van der Waals surface area contributed by atoms with Crippen molar-refractivity contribution < 1.29 is 14.4 Å². The first-order valence-electron chi connectivity index (χ1n) is 8.65. The van der Waals surface area contributed by atoms with Crippen molar-refractivity contribution in [1.82, 2.24) is 15.5 Å². The molecule has 0 saturated carbocycles. The van der Waals surface area contributed by atoms with Gasteiger partial charge in [0.2, 0.25) is 0 Å². The average molecular weight is 438 g/mol. The minimum atomic E-state index is -1.10. The van der Waals surface area contributed by atoms with Gasteiger partial charge in [-0.3, -0.25) is 4.98 Å². The number of nitrogens with one attached hydrogen (secondary N) is 1. The van der Waals surface area contributed by atoms with Gasteiger partial charge in [-0.05, 0) is 42.0 Å². The van der Waals surface area contributed by atoms with Gasteiger partial charge in [0.1, 0.15) is 5.69 Å². The number of rotatable bonds is 5. The summed E-state index contributed by atoms with van der Waals surface area (Å²) in [5, 5.41) is 17.1. The van der Waals surface area contributed by atoms with Gasteiger partial charge in [-0.15, -0.1) is 0 Å². The van der Waals surface area contributed by atoms with Crippen LogP contribution in [-0.4, -0.2) is 21.3 Å². The molecule has 0 aliphatic heterocycles. The summed E-state index contributed by atoms with van der Waals surface area (Å²) in [6.45, 7) is 0. The van der Waals surface area contributed by atoms with Crippen LogP contribution in [0.25, 0.3) is 22.2 Å². The third-order valence-electron chi connectivity index (χ3n) is 4.46. The van der Waals surface area contributed by atoms with Gasteiger partial charge in [0.25, 0.3) is 0 Å². The van der Waals surface area contributed by atoms with E-state index in [2.05, 4.69) is 31.4 Å². The maximum Gasteiger partial charge on any atom is 0.405 e. The highest BCUT2D eigenvalue weighted by atomic mass is 79.9. The fraction of sp³-hybridized carbons (Fsp3) is 0.0952. The number of amides is 1. The smallest absolute Gasteiger partial charge is 0.405 e. The van der Waals surface area contributed by atoms with E-state index in [-0.39, 0.29) is 0 Å². The van der Waals surface area contributed by atoms with Crippen molar-refractivity contribution in [3.63, 3.8) is 0 Å². The van der Waals surface area contributed by atoms with Crippen LogP contribution in [0.15, 0.2) is 75.9 Å². The lowest BCUT2D eigenvalue weighted by Crippen LogP contribution is -2.29. The number of benzene rings is 2. The summed E-state index contributed by atoms with van der Waals surface area (Å²) in [6, 6.07) is 18.4. The molecule has 2 aromatic carbocycles. The van der Waals surface area contributed by atoms with Crippen LogP contribution in [0.2, 0.25) is 0 Å². The molecule has 4 rings (SSSR count). The van der Waals surface area contributed by atoms with Crippen LogP contribution < -0.4 is 5.32 Å². The van der Waals surface area contributed by atoms with Crippen molar-refractivity contribution in [3.05, 3.63) is 82.6 Å². The first-order chi connectivity index (χ1) is 13.6. The number of para-hydroxylation sites is 1. The molecule has 0 unspecified atom stereocenters. The van der Waals surface area contributed by atoms with Gasteiger partial charge < -0.3 is 14.9 Å². The predicted molar refractivity (Wildman–Crippen MR) is 109 cm³/mol. The van der Waals surface area contributed by atoms with Crippen LogP contribution in [0.4, 0.5) is 4.79 Å². The average Bonchev–Trinajstić information content (AvgIpc) is 3.12. The number of carboxylic acid groups (broad SMARTS) is 1. The molecule has 0 saturated heterocycles. The van der Waals surface area contributed by atoms with Gasteiger partial charge in [-0.2, -0.15) is 0 Å². The van der Waals surface area contributed by atoms with Gasteiger partial charge in [0.05, 0.1) is 6.04 Å². The number of fused-ring (bicyclic) bond motifs is 1. The lowest BCUT2D eigenvalue weighted by Gasteiger charge is -2.20. The lowest BCUT2D eigenvalue weighted by atomic mass is 9.93. The second-order valence-electron chi connectivity index (χ2n) is 6.29. The highest BCUT2D eigenvalue weighted by Crippen LogP contribution is 2.35. The summed E-state index contributed by atoms with van der Waals surface area (Å²) in [6.07, 6.45) is 1.00. The summed E-state index contributed by atoms with van der Waals surface area (Å²) < 4.78 is 6.30. The van der Waals surface area contributed by atoms with Crippen LogP contribution in [0, 0.1) is 0 Å². The summed E-state index contributed by atoms with van der Waals surface area (Å²) >= 11 is 3.49. The largest absolute Gasteiger partial charge is 0.465 e. The molecule has 0 radical (unpaired) electrons. The molecule has 2 aromatic heterocycles. The Kier molecular flexibility index (Phi) is 5.08. The van der Waals surface area contributed by atoms with Crippen molar-refractivity contribution in [2.24, 2.45) is 0 Å². The number of hydrogen-bond acceptors (Lipinski definition) is 4. The van der Waals surface area contributed by atoms with E-state index in [1.165, 1.54) is 0 Å². The van der Waals surface area contributed by atoms with Gasteiger partial charge in [-0.25, -0.2) is 4.79 Å². The zero-order chi connectivity index (χ0) is 19.5. The Hall–Kier alpha value is -3.19. The van der Waals surface area contributed by atoms with E-state index in [0.29, 0.717) is 17.7 Å². The molecule has 6 nitrogen and oxygen atoms in total. The molecule has 0 aliphatic carbocycles. The van der Waals surface area contributed by atoms with Crippen molar-refractivity contribution in [2.45, 2.75) is 12.5 Å². The fourth-order valence-electron chi connectivity index (χ4n) is 3.23. The van der Waals surface area contributed by atoms with Gasteiger partial charge >= 0.3 is 6.09 Å². The minimum absolute atomic E-state index is 0.409. The topological polar surface area (TPSA) is 88.2 Å². The van der Waals surface area contributed by atoms with Crippen molar-refractivity contribution >= 4 is 33.0 Å². The van der Waals surface area contributed by atoms with E-state index in [1.54, 1.807) is 6.20 Å². The number of hydrogen-bond donors (Lipinski definition) is 2. The number of halogens is 1. The monoisotopic (exact) mass is 437 g/mol. The molecule has 28 heavy (non-hydrogen) atoms. The second kappa shape index (κ2) is 7.82. The standard InChI is InChI=1S/C21H16BrN3O3/c22-13-8-9-15(20-16-6-1-2-7-19(16)28-25-20)17(11-13)18(24-21(26)27)12-14-5-3-4-10-23-14/h1-11,18,24H,12H2,(H,26,27)/t18-/m0/s1. The summed E-state index contributed by atoms with van der Waals surface area (Å²) in [5.41, 5.74) is 3.75. The first-order valence-corrected chi connectivity index (χ1v) is 9.45. The van der Waals surface area contributed by atoms with Gasteiger partial charge in [0.15, 0.2) is 5.58 Å². The molecule has 0 spiro atoms. The zero-order valence-electron chi connectivity index (χ0n) is 14.7. The SMILES string of the molecule is O=C(O)N[C@@H](Cc1ccccn1)c1cc(Br)ccc1-c1noc2ccccc12. The maximum absolute atomic E-state index is 11.5. The Bertz CT molecular complexity index is 1130. The van der Waals surface area contributed by atoms with E-state index in [0.717, 1.165) is 26.7 Å².